The van der Waals surface area contributed by atoms with Crippen molar-refractivity contribution in [3.63, 3.8) is 0 Å². The van der Waals surface area contributed by atoms with E-state index in [1.165, 1.54) is 264 Å². The van der Waals surface area contributed by atoms with Gasteiger partial charge in [0.1, 0.15) is 0 Å². The maximum Gasteiger partial charge on any atom is 0.0159 e. The van der Waals surface area contributed by atoms with Gasteiger partial charge in [-0.1, -0.05) is 401 Å². The summed E-state index contributed by atoms with van der Waals surface area (Å²) in [4.78, 5) is 0. The molecular formula is C128H92. The first-order valence-electron chi connectivity index (χ1n) is 45.5. The van der Waals surface area contributed by atoms with Gasteiger partial charge in [-0.2, -0.15) is 0 Å². The Morgan fingerprint density at radius 3 is 0.875 bits per heavy atom. The number of fused-ring (bicyclic) bond motifs is 21. The molecule has 4 aliphatic rings. The Labute approximate surface area is 748 Å². The van der Waals surface area contributed by atoms with Gasteiger partial charge in [-0.15, -0.1) is 0 Å². The van der Waals surface area contributed by atoms with Crippen LogP contribution < -0.4 is 0 Å². The summed E-state index contributed by atoms with van der Waals surface area (Å²) in [5, 5.41) is 20.3. The second-order valence-electron chi connectivity index (χ2n) is 38.4. The average molecular weight is 1630 g/mol. The molecule has 0 amide bonds. The Hall–Kier alpha value is -15.1. The lowest BCUT2D eigenvalue weighted by Crippen LogP contribution is -2.15. The Kier molecular flexibility index (Phi) is 16.6. The van der Waals surface area contributed by atoms with Gasteiger partial charge < -0.3 is 0 Å². The summed E-state index contributed by atoms with van der Waals surface area (Å²) in [6.45, 7) is 19.1. The van der Waals surface area contributed by atoms with E-state index in [4.69, 9.17) is 0 Å². The summed E-state index contributed by atoms with van der Waals surface area (Å²) >= 11 is 0. The van der Waals surface area contributed by atoms with Crippen molar-refractivity contribution in [2.24, 2.45) is 0 Å². The number of rotatable bonds is 8. The Morgan fingerprint density at radius 1 is 0.117 bits per heavy atom. The monoisotopic (exact) mass is 1630 g/mol. The highest BCUT2D eigenvalue weighted by Crippen LogP contribution is 2.58. The molecule has 604 valence electrons. The highest BCUT2D eigenvalue weighted by Gasteiger charge is 2.41. The highest BCUT2D eigenvalue weighted by atomic mass is 14.4. The van der Waals surface area contributed by atoms with Gasteiger partial charge >= 0.3 is 0 Å². The zero-order valence-corrected chi connectivity index (χ0v) is 73.3. The lowest BCUT2D eigenvalue weighted by Gasteiger charge is -2.24. The van der Waals surface area contributed by atoms with Crippen LogP contribution in [0.25, 0.3) is 220 Å². The molecular weight excluding hydrogens is 1540 g/mol. The molecule has 0 unspecified atom stereocenters. The van der Waals surface area contributed by atoms with E-state index in [0.717, 1.165) is 0 Å². The smallest absolute Gasteiger partial charge is 0.0159 e. The number of hydrogen-bond acceptors (Lipinski definition) is 0. The van der Waals surface area contributed by atoms with Crippen LogP contribution in [0.5, 0.6) is 0 Å². The molecule has 0 fully saturated rings. The van der Waals surface area contributed by atoms with Crippen molar-refractivity contribution in [1.82, 2.24) is 0 Å². The molecule has 0 nitrogen and oxygen atoms in total. The van der Waals surface area contributed by atoms with Crippen molar-refractivity contribution in [2.45, 2.75) is 77.0 Å². The van der Waals surface area contributed by atoms with Gasteiger partial charge in [0.05, 0.1) is 0 Å². The Bertz CT molecular complexity index is 8560. The molecule has 0 aromatic heterocycles. The highest BCUT2D eigenvalue weighted by molar-refractivity contribution is 6.25. The normalized spacial score (nSPS) is 14.2. The molecule has 0 heteroatoms. The minimum atomic E-state index is -0.202. The van der Waals surface area contributed by atoms with Crippen LogP contribution in [0.4, 0.5) is 0 Å². The molecule has 0 aliphatic heterocycles. The molecule has 4 aliphatic carbocycles. The van der Waals surface area contributed by atoms with E-state index in [0.29, 0.717) is 0 Å². The summed E-state index contributed by atoms with van der Waals surface area (Å²) in [5.74, 6) is 0. The van der Waals surface area contributed by atoms with Crippen molar-refractivity contribution < 1.29 is 0 Å². The van der Waals surface area contributed by atoms with Crippen molar-refractivity contribution >= 4 is 86.2 Å². The second kappa shape index (κ2) is 28.2. The molecule has 0 saturated heterocycles. The Morgan fingerprint density at radius 2 is 0.398 bits per heavy atom. The lowest BCUT2D eigenvalue weighted by atomic mass is 9.79. The first kappa shape index (κ1) is 75.4. The van der Waals surface area contributed by atoms with E-state index in [-0.39, 0.29) is 21.7 Å². The van der Waals surface area contributed by atoms with Gasteiger partial charge in [0.25, 0.3) is 0 Å². The van der Waals surface area contributed by atoms with E-state index < -0.39 is 0 Å². The fraction of sp³-hybridized carbons (Fsp3) is 0.0938. The van der Waals surface area contributed by atoms with Gasteiger partial charge in [-0.05, 0) is 331 Å². The molecule has 22 aromatic rings. The summed E-state index contributed by atoms with van der Waals surface area (Å²) in [5.41, 5.74) is 41.6. The summed E-state index contributed by atoms with van der Waals surface area (Å²) < 4.78 is 0. The van der Waals surface area contributed by atoms with Gasteiger partial charge in [-0.3, -0.25) is 0 Å². The Balaban J connectivity index is 0.000000141. The summed E-state index contributed by atoms with van der Waals surface area (Å²) in [6.07, 6.45) is 0. The molecule has 22 aromatic carbocycles. The maximum atomic E-state index is 2.52. The third-order valence-electron chi connectivity index (χ3n) is 30.1. The fourth-order valence-electron chi connectivity index (χ4n) is 23.5. The van der Waals surface area contributed by atoms with Crippen molar-refractivity contribution in [3.05, 3.63) is 457 Å². The van der Waals surface area contributed by atoms with Crippen molar-refractivity contribution in [3.8, 4) is 134 Å². The summed E-state index contributed by atoms with van der Waals surface area (Å²) in [6, 6.07) is 156. The predicted molar refractivity (Wildman–Crippen MR) is 547 cm³/mol. The second-order valence-corrected chi connectivity index (χ2v) is 38.4. The van der Waals surface area contributed by atoms with Crippen LogP contribution in [0.15, 0.2) is 413 Å². The molecule has 0 bridgehead atoms. The molecule has 26 rings (SSSR count). The zero-order chi connectivity index (χ0) is 85.8. The van der Waals surface area contributed by atoms with Crippen LogP contribution in [0.3, 0.4) is 0 Å². The van der Waals surface area contributed by atoms with E-state index in [1.54, 1.807) is 0 Å². The van der Waals surface area contributed by atoms with E-state index in [9.17, 15) is 0 Å². The number of benzene rings is 22. The molecule has 0 heterocycles. The fourth-order valence-corrected chi connectivity index (χ4v) is 23.5. The predicted octanol–water partition coefficient (Wildman–Crippen LogP) is 35.2. The molecule has 128 heavy (non-hydrogen) atoms. The standard InChI is InChI=1S/C69H52.C59H40/c1-67(2)60-22-14-12-18-50(60)57-37-47(29-34-61(57)67)66-55-20-10-9-19-54(55)65(56-33-27-44(36-58(56)66)43-24-23-41-15-7-8-16-42(41)35-43)48-28-32-53-52-31-26-46(39-63(52)69(5,6)64(53)40-48)45-25-30-51-49-17-11-13-21-59(49)68(3,4)62(51)38-45;1-59(2)55-25-12-11-22-48(55)53-36-44(29-31-56(53)59)58-50-24-10-9-23-49(50)57(51-30-28-40(34-54(51)58)39-27-26-37-14-3-4-15-38(37)32-39)43-18-13-17-41(33-43)52-35-42-16-5-6-19-45(42)46-20-7-8-21-47(46)52/h7-40H,1-6H3;3-36H,1-2H3. The number of hydrogen-bond donors (Lipinski definition) is 0. The van der Waals surface area contributed by atoms with Crippen molar-refractivity contribution in [2.75, 3.05) is 0 Å². The van der Waals surface area contributed by atoms with Gasteiger partial charge in [0.2, 0.25) is 0 Å². The van der Waals surface area contributed by atoms with Gasteiger partial charge in [0.15, 0.2) is 0 Å². The minimum absolute atomic E-state index is 0.0420. The minimum Gasteiger partial charge on any atom is -0.0619 e. The van der Waals surface area contributed by atoms with Crippen LogP contribution in [0.2, 0.25) is 0 Å². The largest absolute Gasteiger partial charge is 0.0619 e. The van der Waals surface area contributed by atoms with E-state index in [1.807, 2.05) is 0 Å². The molecule has 0 N–H and O–H groups in total. The van der Waals surface area contributed by atoms with Crippen molar-refractivity contribution in [1.29, 1.82) is 0 Å². The van der Waals surface area contributed by atoms with Gasteiger partial charge in [0, 0.05) is 21.7 Å². The third-order valence-corrected chi connectivity index (χ3v) is 30.1. The first-order valence-corrected chi connectivity index (χ1v) is 45.5. The van der Waals surface area contributed by atoms with Crippen LogP contribution in [-0.2, 0) is 21.7 Å². The third kappa shape index (κ3) is 11.4. The van der Waals surface area contributed by atoms with Crippen LogP contribution >= 0.6 is 0 Å². The molecule has 0 radical (unpaired) electrons. The van der Waals surface area contributed by atoms with Crippen LogP contribution in [0.1, 0.15) is 99.9 Å². The maximum absolute atomic E-state index is 2.52. The quantitative estimate of drug-likeness (QED) is 0.105. The topological polar surface area (TPSA) is 0 Å². The van der Waals surface area contributed by atoms with Crippen LogP contribution in [-0.4, -0.2) is 0 Å². The van der Waals surface area contributed by atoms with Gasteiger partial charge in [-0.25, -0.2) is 0 Å². The first-order chi connectivity index (χ1) is 62.5. The molecule has 0 spiro atoms. The SMILES string of the molecule is CC1(C)c2ccccc2-c2cc(-c3c4ccccc4c(-c4ccc5c(c4)C(C)(C)c4cc(-c6ccc7c(c6)C(C)(C)c6ccccc6-7)ccc4-5)c4ccc(-c5ccc6ccccc6c5)cc34)ccc21.CC1(C)c2ccccc2-c2cc(-c3c4ccccc4c(-c4cccc(-c5cc6ccccc6c6ccccc56)c4)c4ccc(-c5ccc6ccccc6c5)cc34)ccc21. The zero-order valence-electron chi connectivity index (χ0n) is 73.3. The molecule has 0 saturated carbocycles. The molecule has 0 atom stereocenters. The summed E-state index contributed by atoms with van der Waals surface area (Å²) in [7, 11) is 0. The lowest BCUT2D eigenvalue weighted by molar-refractivity contribution is 0.659. The van der Waals surface area contributed by atoms with Crippen LogP contribution in [0, 0.1) is 0 Å². The average Bonchev–Trinajstić information content (AvgIpc) is 1.37. The van der Waals surface area contributed by atoms with E-state index in [2.05, 4.69) is 468 Å². The van der Waals surface area contributed by atoms with E-state index >= 15 is 0 Å².